The molecule has 1 aromatic rings. The molecule has 4 fully saturated rings. The molecule has 2 bridgehead atoms. The number of rotatable bonds is 15. The van der Waals surface area contributed by atoms with E-state index in [1.807, 2.05) is 30.3 Å². The molecule has 1 saturated heterocycles. The Bertz CT molecular complexity index is 1210. The third kappa shape index (κ3) is 8.25. The first kappa shape index (κ1) is 34.0. The van der Waals surface area contributed by atoms with Gasteiger partial charge in [0.1, 0.15) is 6.04 Å². The Morgan fingerprint density at radius 3 is 2.59 bits per heavy atom. The van der Waals surface area contributed by atoms with Gasteiger partial charge >= 0.3 is 7.12 Å². The van der Waals surface area contributed by atoms with Crippen LogP contribution in [0.4, 0.5) is 0 Å². The fraction of sp³-hybridized carbons (Fsp3) is 0.700. The predicted molar refractivity (Wildman–Crippen MR) is 172 cm³/mol. The van der Waals surface area contributed by atoms with Crippen LogP contribution in [0.2, 0.25) is 0 Å². The molecule has 1 aromatic carbocycles. The van der Waals surface area contributed by atoms with Crippen LogP contribution in [0.1, 0.15) is 72.3 Å². The fourth-order valence-corrected chi connectivity index (χ4v) is 7.86. The first-order valence-corrected chi connectivity index (χ1v) is 16.7. The summed E-state index contributed by atoms with van der Waals surface area (Å²) < 4.78 is 13.2. The lowest BCUT2D eigenvalue weighted by Crippen LogP contribution is -2.65. The van der Waals surface area contributed by atoms with Crippen molar-refractivity contribution in [3.05, 3.63) is 46.0 Å². The predicted octanol–water partition coefficient (Wildman–Crippen LogP) is 3.08. The van der Waals surface area contributed by atoms with E-state index in [0.29, 0.717) is 30.4 Å². The molecule has 242 valence electrons. The number of aliphatic imine (C=N–C) groups is 1. The first-order chi connectivity index (χ1) is 20.8. The van der Waals surface area contributed by atoms with Crippen LogP contribution in [0.25, 0.3) is 0 Å². The average Bonchev–Trinajstić information content (AvgIpc) is 3.31. The third-order valence-corrected chi connectivity index (χ3v) is 10.5. The SMILES string of the molecule is CC(C)C[C@H](NC(=O)[C@H](CCCN=C(N)N[N+](=O)[O-])NC(=O)CSCc1ccccc1)B1O[C@@H]2C[C@@H]3C[C@@H](C3(C)C)[C@]2(C)O1. The van der Waals surface area contributed by atoms with Crippen LogP contribution in [0.5, 0.6) is 0 Å². The maximum absolute atomic E-state index is 13.8. The average molecular weight is 631 g/mol. The van der Waals surface area contributed by atoms with Crippen LogP contribution in [-0.4, -0.2) is 65.9 Å². The molecule has 1 aliphatic heterocycles. The van der Waals surface area contributed by atoms with Crippen molar-refractivity contribution in [3.8, 4) is 0 Å². The summed E-state index contributed by atoms with van der Waals surface area (Å²) >= 11 is 1.47. The number of nitrogens with zero attached hydrogens (tertiary/aromatic N) is 2. The second-order valence-corrected chi connectivity index (χ2v) is 14.4. The number of hydrogen-bond acceptors (Lipinski definition) is 8. The summed E-state index contributed by atoms with van der Waals surface area (Å²) in [4.78, 5) is 41.2. The molecular formula is C30H47BN6O6S. The van der Waals surface area contributed by atoms with E-state index < -0.39 is 29.7 Å². The quantitative estimate of drug-likeness (QED) is 0.0568. The summed E-state index contributed by atoms with van der Waals surface area (Å²) in [6.45, 7) is 11.1. The monoisotopic (exact) mass is 630 g/mol. The standard InChI is InChI=1S/C30H47BN6O6S/c1-19(2)14-25(31-42-24-16-21-15-23(29(21,3)4)30(24,5)43-31)35-27(39)22(12-9-13-33-28(32)36-37(40)41)34-26(38)18-44-17-20-10-7-6-8-11-20/h6-8,10-11,19,21-25H,9,12-18H2,1-5H3,(H,34,38)(H,35,39)(H3,32,33,36)/t21-,22-,23-,24+,25-,30-/m0/s1. The summed E-state index contributed by atoms with van der Waals surface area (Å²) in [7, 11) is -0.582. The molecule has 5 rings (SSSR count). The molecular weight excluding hydrogens is 583 g/mol. The van der Waals surface area contributed by atoms with Crippen molar-refractivity contribution < 1.29 is 23.9 Å². The van der Waals surface area contributed by atoms with Gasteiger partial charge in [0.25, 0.3) is 5.96 Å². The van der Waals surface area contributed by atoms with Gasteiger partial charge in [0.2, 0.25) is 11.8 Å². The van der Waals surface area contributed by atoms with E-state index >= 15 is 0 Å². The van der Waals surface area contributed by atoms with Crippen LogP contribution in [0.3, 0.4) is 0 Å². The van der Waals surface area contributed by atoms with E-state index in [2.05, 4.69) is 50.2 Å². The maximum Gasteiger partial charge on any atom is 0.481 e. The van der Waals surface area contributed by atoms with Crippen LogP contribution < -0.4 is 21.8 Å². The van der Waals surface area contributed by atoms with Gasteiger partial charge in [-0.15, -0.1) is 11.8 Å². The molecule has 3 saturated carbocycles. The number of nitrogens with one attached hydrogen (secondary N) is 3. The molecule has 0 spiro atoms. The van der Waals surface area contributed by atoms with E-state index in [4.69, 9.17) is 15.0 Å². The van der Waals surface area contributed by atoms with E-state index in [9.17, 15) is 19.7 Å². The second kappa shape index (κ2) is 14.5. The van der Waals surface area contributed by atoms with Crippen LogP contribution >= 0.6 is 11.8 Å². The number of hydrazine groups is 1. The number of guanidine groups is 1. The number of carbonyl (C=O) groups is 2. The summed E-state index contributed by atoms with van der Waals surface area (Å²) in [6, 6.07) is 9.03. The van der Waals surface area contributed by atoms with Gasteiger partial charge in [-0.2, -0.15) is 0 Å². The Hall–Kier alpha value is -2.84. The lowest BCUT2D eigenvalue weighted by molar-refractivity contribution is -0.525. The normalized spacial score (nSPS) is 26.7. The van der Waals surface area contributed by atoms with Gasteiger partial charge in [-0.05, 0) is 67.8 Å². The van der Waals surface area contributed by atoms with Crippen LogP contribution in [0.15, 0.2) is 35.3 Å². The number of carbonyl (C=O) groups excluding carboxylic acids is 2. The van der Waals surface area contributed by atoms with Crippen molar-refractivity contribution in [3.63, 3.8) is 0 Å². The highest BCUT2D eigenvalue weighted by Crippen LogP contribution is 2.65. The smallest absolute Gasteiger partial charge is 0.404 e. The van der Waals surface area contributed by atoms with E-state index in [0.717, 1.165) is 18.4 Å². The van der Waals surface area contributed by atoms with Gasteiger partial charge in [-0.1, -0.05) is 63.5 Å². The molecule has 5 N–H and O–H groups in total. The minimum Gasteiger partial charge on any atom is -0.404 e. The third-order valence-electron chi connectivity index (χ3n) is 9.49. The highest BCUT2D eigenvalue weighted by atomic mass is 32.2. The largest absolute Gasteiger partial charge is 0.481 e. The number of amides is 2. The molecule has 14 heteroatoms. The first-order valence-electron chi connectivity index (χ1n) is 15.5. The summed E-state index contributed by atoms with van der Waals surface area (Å²) in [5, 5.41) is 15.9. The van der Waals surface area contributed by atoms with Crippen molar-refractivity contribution in [2.45, 2.75) is 96.2 Å². The highest BCUT2D eigenvalue weighted by molar-refractivity contribution is 7.99. The zero-order valence-electron chi connectivity index (χ0n) is 26.4. The minimum absolute atomic E-state index is 0.0101. The van der Waals surface area contributed by atoms with Gasteiger partial charge in [-0.3, -0.25) is 9.59 Å². The molecule has 44 heavy (non-hydrogen) atoms. The number of nitrogens with two attached hydrogens (primary N) is 1. The lowest BCUT2D eigenvalue weighted by atomic mass is 9.43. The lowest BCUT2D eigenvalue weighted by Gasteiger charge is -2.64. The topological polar surface area (TPSA) is 170 Å². The molecule has 0 radical (unpaired) electrons. The van der Waals surface area contributed by atoms with Gasteiger partial charge in [0, 0.05) is 12.3 Å². The fourth-order valence-electron chi connectivity index (χ4n) is 7.06. The Balaban J connectivity index is 1.40. The number of thioether (sulfide) groups is 1. The molecule has 0 unspecified atom stereocenters. The van der Waals surface area contributed by atoms with Crippen molar-refractivity contribution in [1.82, 2.24) is 16.1 Å². The van der Waals surface area contributed by atoms with E-state index in [-0.39, 0.29) is 53.9 Å². The Labute approximate surface area is 264 Å². The Morgan fingerprint density at radius 1 is 1.20 bits per heavy atom. The molecule has 3 aliphatic carbocycles. The molecule has 1 heterocycles. The van der Waals surface area contributed by atoms with Crippen molar-refractivity contribution in [2.24, 2.45) is 33.9 Å². The Kier molecular flexibility index (Phi) is 11.2. The van der Waals surface area contributed by atoms with Crippen LogP contribution in [-0.2, 0) is 24.7 Å². The highest BCUT2D eigenvalue weighted by Gasteiger charge is 2.68. The van der Waals surface area contributed by atoms with Crippen molar-refractivity contribution in [1.29, 1.82) is 0 Å². The minimum atomic E-state index is -0.833. The van der Waals surface area contributed by atoms with E-state index in [1.54, 1.807) is 5.43 Å². The van der Waals surface area contributed by atoms with Crippen LogP contribution in [0, 0.1) is 33.3 Å². The van der Waals surface area contributed by atoms with Crippen molar-refractivity contribution >= 4 is 36.7 Å². The van der Waals surface area contributed by atoms with Gasteiger partial charge in [0.05, 0.1) is 23.4 Å². The summed E-state index contributed by atoms with van der Waals surface area (Å²) in [5.74, 6) is 0.859. The molecule has 12 nitrogen and oxygen atoms in total. The maximum atomic E-state index is 13.8. The van der Waals surface area contributed by atoms with Gasteiger partial charge in [0.15, 0.2) is 5.03 Å². The summed E-state index contributed by atoms with van der Waals surface area (Å²) in [5.41, 5.74) is 8.24. The van der Waals surface area contributed by atoms with E-state index in [1.165, 1.54) is 11.8 Å². The molecule has 4 aliphatic rings. The molecule has 2 amide bonds. The zero-order valence-corrected chi connectivity index (χ0v) is 27.2. The van der Waals surface area contributed by atoms with Gasteiger partial charge < -0.3 is 25.7 Å². The Morgan fingerprint density at radius 2 is 1.93 bits per heavy atom. The van der Waals surface area contributed by atoms with Gasteiger partial charge in [-0.25, -0.2) is 15.1 Å². The second-order valence-electron chi connectivity index (χ2n) is 13.5. The molecule has 6 atom stereocenters. The molecule has 0 aromatic heterocycles. The summed E-state index contributed by atoms with van der Waals surface area (Å²) in [6.07, 6.45) is 3.38. The number of hydrogen-bond donors (Lipinski definition) is 4. The number of benzene rings is 1. The zero-order chi connectivity index (χ0) is 32.1. The number of nitro groups is 1. The van der Waals surface area contributed by atoms with Crippen molar-refractivity contribution in [2.75, 3.05) is 12.3 Å².